The van der Waals surface area contributed by atoms with Crippen LogP contribution in [0.3, 0.4) is 0 Å². The molecule has 134 valence electrons. The Hall–Kier alpha value is -1.41. The van der Waals surface area contributed by atoms with E-state index in [1.165, 1.54) is 16.1 Å². The highest BCUT2D eigenvalue weighted by Crippen LogP contribution is 2.21. The maximum atomic E-state index is 12.5. The molecule has 1 aliphatic heterocycles. The third kappa shape index (κ3) is 5.04. The summed E-state index contributed by atoms with van der Waals surface area (Å²) in [7, 11) is -3.46. The molecule has 7 heteroatoms. The van der Waals surface area contributed by atoms with E-state index in [9.17, 15) is 8.42 Å². The summed E-state index contributed by atoms with van der Waals surface area (Å²) in [4.78, 5) is 4.56. The quantitative estimate of drug-likeness (QED) is 0.548. The summed E-state index contributed by atoms with van der Waals surface area (Å²) in [6.45, 7) is 1.70. The van der Waals surface area contributed by atoms with Crippen LogP contribution in [-0.2, 0) is 21.2 Å². The molecule has 1 aromatic carbocycles. The van der Waals surface area contributed by atoms with Gasteiger partial charge in [0, 0.05) is 19.3 Å². The largest absolute Gasteiger partial charge is 0.379 e. The highest BCUT2D eigenvalue weighted by atomic mass is 32.2. The predicted octanol–water partition coefficient (Wildman–Crippen LogP) is 2.83. The Labute approximate surface area is 153 Å². The Morgan fingerprint density at radius 2 is 1.84 bits per heavy atom. The van der Waals surface area contributed by atoms with Crippen LogP contribution in [0, 0.1) is 0 Å². The number of sulfonamides is 1. The molecule has 1 aromatic heterocycles. The summed E-state index contributed by atoms with van der Waals surface area (Å²) in [6.07, 6.45) is 3.56. The molecule has 1 fully saturated rings. The molecule has 0 bridgehead atoms. The number of hydrogen-bond donors (Lipinski definition) is 0. The Kier molecular flexibility index (Phi) is 6.47. The second-order valence-corrected chi connectivity index (χ2v) is 8.84. The molecule has 3 rings (SSSR count). The molecule has 0 unspecified atom stereocenters. The van der Waals surface area contributed by atoms with Gasteiger partial charge in [0.05, 0.1) is 18.2 Å². The van der Waals surface area contributed by atoms with Crippen LogP contribution in [-0.4, -0.2) is 49.8 Å². The van der Waals surface area contributed by atoms with Crippen molar-refractivity contribution in [3.05, 3.63) is 54.2 Å². The van der Waals surface area contributed by atoms with Gasteiger partial charge in [-0.1, -0.05) is 30.3 Å². The predicted molar refractivity (Wildman–Crippen MR) is 99.3 cm³/mol. The van der Waals surface area contributed by atoms with Crippen LogP contribution in [0.4, 0.5) is 0 Å². The van der Waals surface area contributed by atoms with E-state index >= 15 is 0 Å². The lowest BCUT2D eigenvalue weighted by atomic mass is 10.1. The average Bonchev–Trinajstić information content (AvgIpc) is 2.67. The van der Waals surface area contributed by atoms with Gasteiger partial charge in [-0.2, -0.15) is 4.31 Å². The summed E-state index contributed by atoms with van der Waals surface area (Å²) in [6, 6.07) is 13.8. The van der Waals surface area contributed by atoms with Crippen molar-refractivity contribution in [2.75, 3.05) is 32.1 Å². The average molecular weight is 379 g/mol. The molecule has 2 heterocycles. The zero-order valence-corrected chi connectivity index (χ0v) is 15.6. The molecule has 0 aliphatic carbocycles. The molecule has 25 heavy (non-hydrogen) atoms. The van der Waals surface area contributed by atoms with Crippen molar-refractivity contribution < 1.29 is 13.2 Å². The first kappa shape index (κ1) is 18.4. The summed E-state index contributed by atoms with van der Waals surface area (Å²) in [5.41, 5.74) is 1.34. The minimum Gasteiger partial charge on any atom is -0.379 e. The van der Waals surface area contributed by atoms with E-state index in [-0.39, 0.29) is 4.90 Å². The number of ether oxygens (including phenoxy) is 1. The van der Waals surface area contributed by atoms with Crippen LogP contribution < -0.4 is 0 Å². The standard InChI is InChI=1S/C18H22N2O3S2/c21-25(22,20-10-12-23-13-11-20)17-8-9-18(19-15-17)24-14-4-7-16-5-2-1-3-6-16/h1-3,5-6,8-9,15H,4,7,10-14H2. The monoisotopic (exact) mass is 378 g/mol. The zero-order chi connectivity index (χ0) is 17.5. The number of pyridine rings is 1. The fourth-order valence-corrected chi connectivity index (χ4v) is 4.78. The molecule has 0 spiro atoms. The normalized spacial score (nSPS) is 16.0. The minimum absolute atomic E-state index is 0.253. The first-order chi connectivity index (χ1) is 12.2. The molecule has 0 amide bonds. The van der Waals surface area contributed by atoms with Gasteiger partial charge in [-0.25, -0.2) is 13.4 Å². The Morgan fingerprint density at radius 3 is 2.52 bits per heavy atom. The molecular formula is C18H22N2O3S2. The van der Waals surface area contributed by atoms with Gasteiger partial charge in [0.15, 0.2) is 0 Å². The molecule has 1 aliphatic rings. The minimum atomic E-state index is -3.46. The number of aryl methyl sites for hydroxylation is 1. The third-order valence-corrected chi connectivity index (χ3v) is 6.93. The van der Waals surface area contributed by atoms with Crippen molar-refractivity contribution in [3.63, 3.8) is 0 Å². The Balaban J connectivity index is 1.51. The van der Waals surface area contributed by atoms with Crippen molar-refractivity contribution in [3.8, 4) is 0 Å². The number of benzene rings is 1. The number of nitrogens with zero attached hydrogens (tertiary/aromatic N) is 2. The Bertz CT molecular complexity index is 759. The van der Waals surface area contributed by atoms with Crippen molar-refractivity contribution in [1.29, 1.82) is 0 Å². The van der Waals surface area contributed by atoms with Crippen molar-refractivity contribution in [2.45, 2.75) is 22.8 Å². The molecule has 0 saturated carbocycles. The van der Waals surface area contributed by atoms with E-state index in [4.69, 9.17) is 4.74 Å². The van der Waals surface area contributed by atoms with Crippen molar-refractivity contribution >= 4 is 21.8 Å². The third-order valence-electron chi connectivity index (χ3n) is 4.02. The van der Waals surface area contributed by atoms with Gasteiger partial charge in [-0.3, -0.25) is 0 Å². The molecule has 2 aromatic rings. The van der Waals surface area contributed by atoms with Gasteiger partial charge in [0.1, 0.15) is 4.90 Å². The smallest absolute Gasteiger partial charge is 0.244 e. The molecule has 0 N–H and O–H groups in total. The van der Waals surface area contributed by atoms with Gasteiger partial charge in [0.2, 0.25) is 10.0 Å². The van der Waals surface area contributed by atoms with E-state index in [1.807, 2.05) is 6.07 Å². The van der Waals surface area contributed by atoms with Crippen LogP contribution in [0.2, 0.25) is 0 Å². The van der Waals surface area contributed by atoms with Crippen LogP contribution in [0.25, 0.3) is 0 Å². The lowest BCUT2D eigenvalue weighted by Crippen LogP contribution is -2.40. The number of aromatic nitrogens is 1. The maximum Gasteiger partial charge on any atom is 0.244 e. The summed E-state index contributed by atoms with van der Waals surface area (Å²) in [5.74, 6) is 0.956. The van der Waals surface area contributed by atoms with Crippen molar-refractivity contribution in [1.82, 2.24) is 9.29 Å². The number of hydrogen-bond acceptors (Lipinski definition) is 5. The Morgan fingerprint density at radius 1 is 1.08 bits per heavy atom. The number of rotatable bonds is 7. The summed E-state index contributed by atoms with van der Waals surface area (Å²) >= 11 is 1.66. The van der Waals surface area contributed by atoms with Gasteiger partial charge in [0.25, 0.3) is 0 Å². The fourth-order valence-electron chi connectivity index (χ4n) is 2.64. The van der Waals surface area contributed by atoms with Crippen LogP contribution in [0.5, 0.6) is 0 Å². The molecular weight excluding hydrogens is 356 g/mol. The van der Waals surface area contributed by atoms with Gasteiger partial charge >= 0.3 is 0 Å². The topological polar surface area (TPSA) is 59.5 Å². The maximum absolute atomic E-state index is 12.5. The van der Waals surface area contributed by atoms with Crippen LogP contribution in [0.15, 0.2) is 58.6 Å². The fraction of sp³-hybridized carbons (Fsp3) is 0.389. The van der Waals surface area contributed by atoms with E-state index in [0.29, 0.717) is 26.3 Å². The first-order valence-electron chi connectivity index (χ1n) is 8.37. The van der Waals surface area contributed by atoms with Gasteiger partial charge in [-0.05, 0) is 36.3 Å². The van der Waals surface area contributed by atoms with Gasteiger partial charge < -0.3 is 4.74 Å². The van der Waals surface area contributed by atoms with Gasteiger partial charge in [-0.15, -0.1) is 11.8 Å². The van der Waals surface area contributed by atoms with E-state index in [0.717, 1.165) is 23.6 Å². The summed E-state index contributed by atoms with van der Waals surface area (Å²) in [5, 5.41) is 0.856. The second-order valence-electron chi connectivity index (χ2n) is 5.79. The molecule has 1 saturated heterocycles. The lowest BCUT2D eigenvalue weighted by molar-refractivity contribution is 0.0730. The van der Waals surface area contributed by atoms with Crippen LogP contribution in [0.1, 0.15) is 12.0 Å². The second kappa shape index (κ2) is 8.80. The SMILES string of the molecule is O=S(=O)(c1ccc(SCCCc2ccccc2)nc1)N1CCOCC1. The summed E-state index contributed by atoms with van der Waals surface area (Å²) < 4.78 is 31.7. The van der Waals surface area contributed by atoms with Crippen LogP contribution >= 0.6 is 11.8 Å². The lowest BCUT2D eigenvalue weighted by Gasteiger charge is -2.25. The molecule has 0 radical (unpaired) electrons. The van der Waals surface area contributed by atoms with E-state index < -0.39 is 10.0 Å². The van der Waals surface area contributed by atoms with E-state index in [2.05, 4.69) is 29.2 Å². The van der Waals surface area contributed by atoms with Crippen molar-refractivity contribution in [2.24, 2.45) is 0 Å². The molecule has 0 atom stereocenters. The first-order valence-corrected chi connectivity index (χ1v) is 10.8. The molecule has 5 nitrogen and oxygen atoms in total. The highest BCUT2D eigenvalue weighted by molar-refractivity contribution is 7.99. The highest BCUT2D eigenvalue weighted by Gasteiger charge is 2.26. The van der Waals surface area contributed by atoms with E-state index in [1.54, 1.807) is 23.9 Å². The number of morpholine rings is 1. The number of thioether (sulfide) groups is 1. The zero-order valence-electron chi connectivity index (χ0n) is 14.0.